The Bertz CT molecular complexity index is 976. The predicted octanol–water partition coefficient (Wildman–Crippen LogP) is 3.88. The van der Waals surface area contributed by atoms with Crippen LogP contribution >= 0.6 is 0 Å². The largest absolute Gasteiger partial charge is 0.495 e. The third-order valence-corrected chi connectivity index (χ3v) is 4.14. The van der Waals surface area contributed by atoms with Gasteiger partial charge in [-0.3, -0.25) is 9.59 Å². The number of methoxy groups -OCH3 is 1. The highest BCUT2D eigenvalue weighted by molar-refractivity contribution is 6.13. The molecule has 1 aromatic heterocycles. The number of amides is 2. The monoisotopic (exact) mass is 351 g/mol. The van der Waals surface area contributed by atoms with Gasteiger partial charge in [0.25, 0.3) is 5.91 Å². The summed E-state index contributed by atoms with van der Waals surface area (Å²) in [6, 6.07) is 12.9. The van der Waals surface area contributed by atoms with Crippen molar-refractivity contribution in [3.8, 4) is 5.75 Å². The van der Waals surface area contributed by atoms with Gasteiger partial charge in [-0.1, -0.05) is 18.2 Å². The van der Waals surface area contributed by atoms with Crippen LogP contribution in [0.3, 0.4) is 0 Å². The molecule has 0 aliphatic heterocycles. The van der Waals surface area contributed by atoms with E-state index in [0.29, 0.717) is 22.7 Å². The van der Waals surface area contributed by atoms with Crippen LogP contribution in [0.15, 0.2) is 48.7 Å². The number of ether oxygens (including phenoxy) is 1. The van der Waals surface area contributed by atoms with E-state index in [1.807, 2.05) is 42.0 Å². The number of para-hydroxylation sites is 1. The van der Waals surface area contributed by atoms with Gasteiger partial charge in [-0.25, -0.2) is 0 Å². The van der Waals surface area contributed by atoms with E-state index in [-0.39, 0.29) is 11.8 Å². The minimum Gasteiger partial charge on any atom is -0.495 e. The first-order valence-corrected chi connectivity index (χ1v) is 8.38. The molecule has 3 aromatic rings. The first kappa shape index (κ1) is 17.5. The van der Waals surface area contributed by atoms with Crippen molar-refractivity contribution >= 4 is 34.1 Å². The maximum atomic E-state index is 12.8. The fourth-order valence-electron chi connectivity index (χ4n) is 2.96. The van der Waals surface area contributed by atoms with Crippen LogP contribution in [0.5, 0.6) is 5.75 Å². The summed E-state index contributed by atoms with van der Waals surface area (Å²) in [5.74, 6) is 0.117. The molecule has 3 rings (SSSR count). The van der Waals surface area contributed by atoms with E-state index in [0.717, 1.165) is 17.4 Å². The van der Waals surface area contributed by atoms with Gasteiger partial charge in [0, 0.05) is 36.3 Å². The number of carbonyl (C=O) groups is 2. The number of aromatic nitrogens is 1. The number of aryl methyl sites for hydroxylation is 1. The van der Waals surface area contributed by atoms with Gasteiger partial charge in [0.1, 0.15) is 5.75 Å². The van der Waals surface area contributed by atoms with Crippen LogP contribution in [-0.2, 0) is 11.3 Å². The summed E-state index contributed by atoms with van der Waals surface area (Å²) in [6.07, 6.45) is 1.86. The second-order valence-electron chi connectivity index (χ2n) is 5.90. The van der Waals surface area contributed by atoms with E-state index >= 15 is 0 Å². The molecule has 0 atom stereocenters. The molecular formula is C20H21N3O3. The van der Waals surface area contributed by atoms with Crippen molar-refractivity contribution in [3.05, 3.63) is 54.2 Å². The second kappa shape index (κ2) is 7.31. The van der Waals surface area contributed by atoms with E-state index in [1.54, 1.807) is 18.2 Å². The van der Waals surface area contributed by atoms with Crippen molar-refractivity contribution in [3.63, 3.8) is 0 Å². The van der Waals surface area contributed by atoms with Gasteiger partial charge >= 0.3 is 0 Å². The first-order valence-electron chi connectivity index (χ1n) is 8.38. The molecule has 2 amide bonds. The van der Waals surface area contributed by atoms with Crippen molar-refractivity contribution in [2.45, 2.75) is 20.4 Å². The van der Waals surface area contributed by atoms with E-state index < -0.39 is 0 Å². The van der Waals surface area contributed by atoms with Crippen molar-refractivity contribution in [2.75, 3.05) is 17.7 Å². The minimum absolute atomic E-state index is 0.202. The summed E-state index contributed by atoms with van der Waals surface area (Å²) in [5.41, 5.74) is 2.72. The third kappa shape index (κ3) is 3.39. The Kier molecular flexibility index (Phi) is 4.93. The standard InChI is InChI=1S/C20H21N3O3/c1-4-23-12-16(15-7-5-6-8-18(15)23)20(25)22-14-9-10-19(26-3)17(11-14)21-13(2)24/h5-12H,4H2,1-3H3,(H,21,24)(H,22,25). The first-order chi connectivity index (χ1) is 12.5. The summed E-state index contributed by atoms with van der Waals surface area (Å²) in [7, 11) is 1.53. The molecule has 0 unspecified atom stereocenters. The van der Waals surface area contributed by atoms with Crippen LogP contribution in [0.25, 0.3) is 10.9 Å². The SMILES string of the molecule is CCn1cc(C(=O)Nc2ccc(OC)c(NC(C)=O)c2)c2ccccc21. The molecule has 0 aliphatic carbocycles. The number of rotatable bonds is 5. The topological polar surface area (TPSA) is 72.4 Å². The quantitative estimate of drug-likeness (QED) is 0.733. The lowest BCUT2D eigenvalue weighted by molar-refractivity contribution is -0.114. The number of nitrogens with zero attached hydrogens (tertiary/aromatic N) is 1. The molecule has 26 heavy (non-hydrogen) atoms. The molecule has 0 saturated heterocycles. The molecule has 0 fully saturated rings. The highest BCUT2D eigenvalue weighted by Crippen LogP contribution is 2.29. The summed E-state index contributed by atoms with van der Waals surface area (Å²) in [6.45, 7) is 4.24. The number of benzene rings is 2. The normalized spacial score (nSPS) is 10.6. The Morgan fingerprint density at radius 1 is 1.12 bits per heavy atom. The Morgan fingerprint density at radius 2 is 1.88 bits per heavy atom. The number of carbonyl (C=O) groups excluding carboxylic acids is 2. The zero-order chi connectivity index (χ0) is 18.7. The summed E-state index contributed by atoms with van der Waals surface area (Å²) >= 11 is 0. The van der Waals surface area contributed by atoms with E-state index in [1.165, 1.54) is 14.0 Å². The highest BCUT2D eigenvalue weighted by Gasteiger charge is 2.15. The Labute approximate surface area is 151 Å². The van der Waals surface area contributed by atoms with Crippen LogP contribution in [0.2, 0.25) is 0 Å². The zero-order valence-electron chi connectivity index (χ0n) is 15.0. The Hall–Kier alpha value is -3.28. The maximum absolute atomic E-state index is 12.8. The number of fused-ring (bicyclic) bond motifs is 1. The van der Waals surface area contributed by atoms with Crippen LogP contribution in [0.4, 0.5) is 11.4 Å². The smallest absolute Gasteiger partial charge is 0.257 e. The van der Waals surface area contributed by atoms with Crippen LogP contribution in [0, 0.1) is 0 Å². The summed E-state index contributed by atoms with van der Waals surface area (Å²) < 4.78 is 7.28. The molecular weight excluding hydrogens is 330 g/mol. The van der Waals surface area contributed by atoms with Gasteiger partial charge in [-0.15, -0.1) is 0 Å². The molecule has 0 bridgehead atoms. The second-order valence-corrected chi connectivity index (χ2v) is 5.90. The maximum Gasteiger partial charge on any atom is 0.257 e. The highest BCUT2D eigenvalue weighted by atomic mass is 16.5. The fourth-order valence-corrected chi connectivity index (χ4v) is 2.96. The van der Waals surface area contributed by atoms with Crippen molar-refractivity contribution in [2.24, 2.45) is 0 Å². The summed E-state index contributed by atoms with van der Waals surface area (Å²) in [5, 5.41) is 6.50. The predicted molar refractivity (Wildman–Crippen MR) is 103 cm³/mol. The van der Waals surface area contributed by atoms with Crippen LogP contribution in [-0.4, -0.2) is 23.5 Å². The zero-order valence-corrected chi connectivity index (χ0v) is 15.0. The van der Waals surface area contributed by atoms with Crippen molar-refractivity contribution < 1.29 is 14.3 Å². The summed E-state index contributed by atoms with van der Waals surface area (Å²) in [4.78, 5) is 24.2. The van der Waals surface area contributed by atoms with Gasteiger partial charge in [-0.2, -0.15) is 0 Å². The van der Waals surface area contributed by atoms with E-state index in [2.05, 4.69) is 10.6 Å². The van der Waals surface area contributed by atoms with Crippen LogP contribution in [0.1, 0.15) is 24.2 Å². The lowest BCUT2D eigenvalue weighted by Crippen LogP contribution is -2.13. The van der Waals surface area contributed by atoms with Crippen molar-refractivity contribution in [1.29, 1.82) is 0 Å². The van der Waals surface area contributed by atoms with Gasteiger partial charge < -0.3 is 19.9 Å². The molecule has 134 valence electrons. The van der Waals surface area contributed by atoms with Crippen molar-refractivity contribution in [1.82, 2.24) is 4.57 Å². The molecule has 6 heteroatoms. The molecule has 2 aromatic carbocycles. The van der Waals surface area contributed by atoms with Gasteiger partial charge in [-0.05, 0) is 31.2 Å². The Balaban J connectivity index is 1.92. The Morgan fingerprint density at radius 3 is 2.58 bits per heavy atom. The number of anilines is 2. The lowest BCUT2D eigenvalue weighted by Gasteiger charge is -2.11. The number of hydrogen-bond acceptors (Lipinski definition) is 3. The molecule has 6 nitrogen and oxygen atoms in total. The average Bonchev–Trinajstić information content (AvgIpc) is 3.00. The molecule has 0 aliphatic rings. The molecule has 0 saturated carbocycles. The molecule has 1 heterocycles. The number of nitrogens with one attached hydrogen (secondary N) is 2. The number of hydrogen-bond donors (Lipinski definition) is 2. The van der Waals surface area contributed by atoms with E-state index in [9.17, 15) is 9.59 Å². The van der Waals surface area contributed by atoms with E-state index in [4.69, 9.17) is 4.74 Å². The molecule has 0 spiro atoms. The fraction of sp³-hybridized carbons (Fsp3) is 0.200. The molecule has 0 radical (unpaired) electrons. The van der Waals surface area contributed by atoms with Gasteiger partial charge in [0.05, 0.1) is 18.4 Å². The third-order valence-electron chi connectivity index (χ3n) is 4.14. The average molecular weight is 351 g/mol. The molecule has 2 N–H and O–H groups in total. The van der Waals surface area contributed by atoms with Gasteiger partial charge in [0.15, 0.2) is 0 Å². The minimum atomic E-state index is -0.210. The lowest BCUT2D eigenvalue weighted by atomic mass is 10.1. The van der Waals surface area contributed by atoms with Crippen LogP contribution < -0.4 is 15.4 Å². The van der Waals surface area contributed by atoms with Gasteiger partial charge in [0.2, 0.25) is 5.91 Å².